The van der Waals surface area contributed by atoms with Gasteiger partial charge in [-0.3, -0.25) is 4.79 Å². The predicted molar refractivity (Wildman–Crippen MR) is 130 cm³/mol. The smallest absolute Gasteiger partial charge is 0.325 e. The largest absolute Gasteiger partial charge is 0.416 e. The molecule has 1 N–H and O–H groups in total. The van der Waals surface area contributed by atoms with Gasteiger partial charge in [0.15, 0.2) is 0 Å². The summed E-state index contributed by atoms with van der Waals surface area (Å²) in [5.41, 5.74) is -3.23. The molecule has 0 fully saturated rings. The van der Waals surface area contributed by atoms with E-state index in [1.54, 1.807) is 6.92 Å². The maximum absolute atomic E-state index is 13.4. The maximum atomic E-state index is 13.4. The van der Waals surface area contributed by atoms with E-state index in [4.69, 9.17) is 23.2 Å². The van der Waals surface area contributed by atoms with E-state index in [0.29, 0.717) is 16.4 Å². The highest BCUT2D eigenvalue weighted by Gasteiger charge is 2.37. The Balaban J connectivity index is 1.99. The van der Waals surface area contributed by atoms with Gasteiger partial charge in [0.2, 0.25) is 15.9 Å². The van der Waals surface area contributed by atoms with E-state index in [2.05, 4.69) is 0 Å². The van der Waals surface area contributed by atoms with Crippen LogP contribution in [0.5, 0.6) is 0 Å². The number of halogens is 8. The molecule has 3 rings (SSSR count). The summed E-state index contributed by atoms with van der Waals surface area (Å²) in [5, 5.41) is 2.09. The number of sulfonamides is 1. The van der Waals surface area contributed by atoms with Crippen molar-refractivity contribution in [1.82, 2.24) is 4.31 Å². The number of carbonyl (C=O) groups excluding carboxylic acids is 1. The zero-order valence-corrected chi connectivity index (χ0v) is 21.6. The topological polar surface area (TPSA) is 66.5 Å². The highest BCUT2D eigenvalue weighted by molar-refractivity contribution is 7.89. The normalized spacial score (nSPS) is 12.6. The Labute approximate surface area is 224 Å². The van der Waals surface area contributed by atoms with Crippen LogP contribution in [0.15, 0.2) is 65.6 Å². The van der Waals surface area contributed by atoms with Gasteiger partial charge < -0.3 is 5.32 Å². The van der Waals surface area contributed by atoms with Crippen LogP contribution in [0.1, 0.15) is 22.3 Å². The first-order valence-corrected chi connectivity index (χ1v) is 12.8. The van der Waals surface area contributed by atoms with Crippen molar-refractivity contribution in [2.75, 3.05) is 11.9 Å². The van der Waals surface area contributed by atoms with Gasteiger partial charge in [-0.05, 0) is 49.4 Å². The first-order chi connectivity index (χ1) is 17.5. The molecule has 5 nitrogen and oxygen atoms in total. The summed E-state index contributed by atoms with van der Waals surface area (Å²) in [5.74, 6) is -1.20. The Hall–Kier alpha value is -2.80. The molecule has 0 saturated heterocycles. The number of nitrogens with zero attached hydrogens (tertiary/aromatic N) is 1. The molecule has 3 aromatic rings. The second-order valence-corrected chi connectivity index (χ2v) is 10.9. The minimum absolute atomic E-state index is 0.0784. The molecule has 0 saturated carbocycles. The Bertz CT molecular complexity index is 1390. The molecule has 14 heteroatoms. The third-order valence-corrected chi connectivity index (χ3v) is 7.76. The van der Waals surface area contributed by atoms with E-state index in [1.807, 2.05) is 5.32 Å². The number of amides is 1. The summed E-state index contributed by atoms with van der Waals surface area (Å²) in [6.07, 6.45) is -10.3. The van der Waals surface area contributed by atoms with E-state index in [0.717, 1.165) is 5.56 Å². The molecule has 1 amide bonds. The summed E-state index contributed by atoms with van der Waals surface area (Å²) >= 11 is 12.3. The Kier molecular flexibility index (Phi) is 8.71. The van der Waals surface area contributed by atoms with Gasteiger partial charge in [0, 0.05) is 27.8 Å². The van der Waals surface area contributed by atoms with Crippen LogP contribution in [-0.4, -0.2) is 25.2 Å². The zero-order chi connectivity index (χ0) is 28.5. The lowest BCUT2D eigenvalue weighted by Gasteiger charge is -2.23. The molecule has 38 heavy (non-hydrogen) atoms. The first-order valence-electron chi connectivity index (χ1n) is 10.6. The molecule has 0 aliphatic carbocycles. The molecule has 0 atom stereocenters. The average molecular weight is 599 g/mol. The van der Waals surface area contributed by atoms with Gasteiger partial charge in [-0.15, -0.1) is 0 Å². The molecular weight excluding hydrogens is 581 g/mol. The van der Waals surface area contributed by atoms with Crippen molar-refractivity contribution in [3.8, 4) is 0 Å². The SMILES string of the molecule is Cc1ccc(S(=O)(=O)N(CC(=O)Nc2cc(C(F)(F)F)cc(C(F)(F)F)c2)Cc2c(Cl)cccc2Cl)cc1. The highest BCUT2D eigenvalue weighted by Crippen LogP contribution is 2.37. The molecule has 204 valence electrons. The van der Waals surface area contributed by atoms with Gasteiger partial charge in [-0.1, -0.05) is 47.0 Å². The van der Waals surface area contributed by atoms with Gasteiger partial charge in [-0.2, -0.15) is 30.6 Å². The van der Waals surface area contributed by atoms with Crippen molar-refractivity contribution in [1.29, 1.82) is 0 Å². The number of hydrogen-bond donors (Lipinski definition) is 1. The number of carbonyl (C=O) groups is 1. The first kappa shape index (κ1) is 29.8. The van der Waals surface area contributed by atoms with Crippen LogP contribution in [0.4, 0.5) is 32.0 Å². The Morgan fingerprint density at radius 2 is 1.37 bits per heavy atom. The summed E-state index contributed by atoms with van der Waals surface area (Å²) in [6.45, 7) is 0.225. The average Bonchev–Trinajstić information content (AvgIpc) is 2.79. The van der Waals surface area contributed by atoms with E-state index in [-0.39, 0.29) is 26.6 Å². The molecule has 0 bridgehead atoms. The molecule has 0 spiro atoms. The minimum Gasteiger partial charge on any atom is -0.325 e. The van der Waals surface area contributed by atoms with Crippen molar-refractivity contribution in [2.45, 2.75) is 30.7 Å². The van der Waals surface area contributed by atoms with E-state index < -0.39 is 58.2 Å². The molecule has 0 aromatic heterocycles. The van der Waals surface area contributed by atoms with Crippen molar-refractivity contribution < 1.29 is 39.6 Å². The van der Waals surface area contributed by atoms with Crippen LogP contribution in [0.3, 0.4) is 0 Å². The summed E-state index contributed by atoms with van der Waals surface area (Å²) < 4.78 is 107. The molecule has 0 radical (unpaired) electrons. The molecule has 0 heterocycles. The lowest BCUT2D eigenvalue weighted by atomic mass is 10.1. The predicted octanol–water partition coefficient (Wildman–Crippen LogP) is 7.17. The van der Waals surface area contributed by atoms with Crippen LogP contribution in [-0.2, 0) is 33.7 Å². The summed E-state index contributed by atoms with van der Waals surface area (Å²) in [4.78, 5) is 12.6. The van der Waals surface area contributed by atoms with Crippen LogP contribution >= 0.6 is 23.2 Å². The van der Waals surface area contributed by atoms with Gasteiger partial charge in [0.05, 0.1) is 22.6 Å². The third kappa shape index (κ3) is 7.19. The number of benzene rings is 3. The summed E-state index contributed by atoms with van der Waals surface area (Å²) in [7, 11) is -4.40. The number of aryl methyl sites for hydroxylation is 1. The van der Waals surface area contributed by atoms with Crippen LogP contribution in [0.2, 0.25) is 10.0 Å². The quantitative estimate of drug-likeness (QED) is 0.293. The van der Waals surface area contributed by atoms with Crippen LogP contribution in [0.25, 0.3) is 0 Å². The zero-order valence-electron chi connectivity index (χ0n) is 19.3. The number of rotatable bonds is 7. The second-order valence-electron chi connectivity index (χ2n) is 8.13. The van der Waals surface area contributed by atoms with E-state index in [1.165, 1.54) is 42.5 Å². The number of hydrogen-bond acceptors (Lipinski definition) is 3. The van der Waals surface area contributed by atoms with Gasteiger partial charge >= 0.3 is 12.4 Å². The minimum atomic E-state index is -5.14. The van der Waals surface area contributed by atoms with Gasteiger partial charge in [0.25, 0.3) is 0 Å². The van der Waals surface area contributed by atoms with Crippen LogP contribution in [0, 0.1) is 6.92 Å². The lowest BCUT2D eigenvalue weighted by Crippen LogP contribution is -2.37. The number of anilines is 1. The number of alkyl halides is 6. The Morgan fingerprint density at radius 3 is 1.84 bits per heavy atom. The molecule has 0 aliphatic heterocycles. The lowest BCUT2D eigenvalue weighted by molar-refractivity contribution is -0.143. The summed E-state index contributed by atoms with van der Waals surface area (Å²) in [6, 6.07) is 10.5. The fraction of sp³-hybridized carbons (Fsp3) is 0.208. The van der Waals surface area contributed by atoms with E-state index in [9.17, 15) is 39.6 Å². The standard InChI is InChI=1S/C24H18Cl2F6N2O3S/c1-14-5-7-18(8-6-14)38(36,37)34(12-19-20(25)3-2-4-21(19)26)13-22(35)33-17-10-15(23(27,28)29)9-16(11-17)24(30,31)32/h2-11H,12-13H2,1H3,(H,33,35). The van der Waals surface area contributed by atoms with Crippen molar-refractivity contribution in [3.05, 3.63) is 93.0 Å². The third-order valence-electron chi connectivity index (χ3n) is 5.25. The van der Waals surface area contributed by atoms with Crippen LogP contribution < -0.4 is 5.32 Å². The van der Waals surface area contributed by atoms with Gasteiger partial charge in [0.1, 0.15) is 0 Å². The maximum Gasteiger partial charge on any atom is 0.416 e. The second kappa shape index (κ2) is 11.1. The molecule has 0 unspecified atom stereocenters. The van der Waals surface area contributed by atoms with Crippen molar-refractivity contribution in [2.24, 2.45) is 0 Å². The van der Waals surface area contributed by atoms with Crippen molar-refractivity contribution in [3.63, 3.8) is 0 Å². The molecule has 0 aliphatic rings. The monoisotopic (exact) mass is 598 g/mol. The molecular formula is C24H18Cl2F6N2O3S. The van der Waals surface area contributed by atoms with Crippen molar-refractivity contribution >= 4 is 44.8 Å². The Morgan fingerprint density at radius 1 is 0.868 bits per heavy atom. The van der Waals surface area contributed by atoms with Gasteiger partial charge in [-0.25, -0.2) is 8.42 Å². The number of nitrogens with one attached hydrogen (secondary N) is 1. The fourth-order valence-electron chi connectivity index (χ4n) is 3.33. The fourth-order valence-corrected chi connectivity index (χ4v) is 5.21. The highest BCUT2D eigenvalue weighted by atomic mass is 35.5. The molecule has 3 aromatic carbocycles. The van der Waals surface area contributed by atoms with E-state index >= 15 is 0 Å².